The first-order valence-corrected chi connectivity index (χ1v) is 9.19. The smallest absolute Gasteiger partial charge is 0.351 e. The maximum atomic E-state index is 13.9. The molecule has 3 unspecified atom stereocenters. The molecule has 4 nitrogen and oxygen atoms in total. The van der Waals surface area contributed by atoms with Crippen LogP contribution < -0.4 is 10.6 Å². The Labute approximate surface area is 164 Å². The van der Waals surface area contributed by atoms with E-state index in [-0.39, 0.29) is 44.0 Å². The van der Waals surface area contributed by atoms with Crippen molar-refractivity contribution in [2.75, 3.05) is 19.6 Å². The van der Waals surface area contributed by atoms with Crippen LogP contribution in [0.1, 0.15) is 31.7 Å². The van der Waals surface area contributed by atoms with E-state index in [4.69, 9.17) is 0 Å². The van der Waals surface area contributed by atoms with Crippen LogP contribution in [0.15, 0.2) is 30.3 Å². The standard InChI is InChI=1S/C19H26F3N3O.ClH/c1-14-16(8-5-10-23-14)24-17(26)18(19(20,21)22)9-11-25(13-18)12-15-6-3-2-4-7-15;/h2-4,6-7,14,16,23H,5,8-13H2,1H3,(H,24,26);1H. The van der Waals surface area contributed by atoms with Gasteiger partial charge in [-0.2, -0.15) is 13.2 Å². The molecule has 1 aromatic rings. The number of nitrogens with one attached hydrogen (secondary N) is 2. The highest BCUT2D eigenvalue weighted by atomic mass is 35.5. The molecule has 3 atom stereocenters. The number of halogens is 4. The first kappa shape index (κ1) is 22.0. The highest BCUT2D eigenvalue weighted by Crippen LogP contribution is 2.46. The van der Waals surface area contributed by atoms with Gasteiger partial charge in [0.15, 0.2) is 5.41 Å². The number of amides is 1. The first-order valence-electron chi connectivity index (χ1n) is 9.19. The van der Waals surface area contributed by atoms with Crippen molar-refractivity contribution in [3.8, 4) is 0 Å². The van der Waals surface area contributed by atoms with Gasteiger partial charge in [-0.15, -0.1) is 12.4 Å². The molecule has 152 valence electrons. The molecular weight excluding hydrogens is 379 g/mol. The molecule has 1 aromatic carbocycles. The minimum Gasteiger partial charge on any atom is -0.351 e. The van der Waals surface area contributed by atoms with E-state index in [2.05, 4.69) is 10.6 Å². The van der Waals surface area contributed by atoms with Crippen molar-refractivity contribution in [3.63, 3.8) is 0 Å². The SMILES string of the molecule is CC1NCCCC1NC(=O)C1(C(F)(F)F)CCN(Cc2ccccc2)C1.Cl. The summed E-state index contributed by atoms with van der Waals surface area (Å²) in [5.74, 6) is -0.874. The summed E-state index contributed by atoms with van der Waals surface area (Å²) < 4.78 is 41.8. The van der Waals surface area contributed by atoms with Crippen LogP contribution >= 0.6 is 12.4 Å². The van der Waals surface area contributed by atoms with Gasteiger partial charge in [0, 0.05) is 25.2 Å². The summed E-state index contributed by atoms with van der Waals surface area (Å²) in [4.78, 5) is 14.5. The van der Waals surface area contributed by atoms with E-state index < -0.39 is 17.5 Å². The Morgan fingerprint density at radius 3 is 2.67 bits per heavy atom. The first-order chi connectivity index (χ1) is 12.3. The van der Waals surface area contributed by atoms with E-state index >= 15 is 0 Å². The predicted molar refractivity (Wildman–Crippen MR) is 101 cm³/mol. The topological polar surface area (TPSA) is 44.4 Å². The zero-order valence-corrected chi connectivity index (χ0v) is 16.2. The van der Waals surface area contributed by atoms with Crippen molar-refractivity contribution < 1.29 is 18.0 Å². The molecule has 0 aliphatic carbocycles. The van der Waals surface area contributed by atoms with Gasteiger partial charge in [0.05, 0.1) is 0 Å². The molecule has 2 aliphatic rings. The molecule has 0 saturated carbocycles. The van der Waals surface area contributed by atoms with E-state index in [1.807, 2.05) is 37.3 Å². The summed E-state index contributed by atoms with van der Waals surface area (Å²) in [6.07, 6.45) is -3.19. The van der Waals surface area contributed by atoms with Crippen molar-refractivity contribution >= 4 is 18.3 Å². The molecule has 2 saturated heterocycles. The van der Waals surface area contributed by atoms with Crippen LogP contribution in [0.25, 0.3) is 0 Å². The van der Waals surface area contributed by atoms with Crippen molar-refractivity contribution in [1.82, 2.24) is 15.5 Å². The third-order valence-electron chi connectivity index (χ3n) is 5.65. The fraction of sp³-hybridized carbons (Fsp3) is 0.632. The molecule has 0 spiro atoms. The lowest BCUT2D eigenvalue weighted by atomic mass is 9.84. The van der Waals surface area contributed by atoms with Crippen molar-refractivity contribution in [2.24, 2.45) is 5.41 Å². The van der Waals surface area contributed by atoms with E-state index in [0.29, 0.717) is 13.0 Å². The van der Waals surface area contributed by atoms with Gasteiger partial charge in [0.2, 0.25) is 5.91 Å². The van der Waals surface area contributed by atoms with E-state index in [0.717, 1.165) is 18.5 Å². The van der Waals surface area contributed by atoms with Crippen LogP contribution in [0.3, 0.4) is 0 Å². The molecule has 0 radical (unpaired) electrons. The quantitative estimate of drug-likeness (QED) is 0.809. The summed E-state index contributed by atoms with van der Waals surface area (Å²) in [6.45, 7) is 3.14. The molecule has 1 amide bonds. The van der Waals surface area contributed by atoms with Crippen LogP contribution in [-0.4, -0.2) is 48.7 Å². The maximum Gasteiger partial charge on any atom is 0.404 e. The lowest BCUT2D eigenvalue weighted by Gasteiger charge is -2.36. The fourth-order valence-electron chi connectivity index (χ4n) is 3.96. The number of likely N-dealkylation sites (tertiary alicyclic amines) is 1. The average molecular weight is 406 g/mol. The summed E-state index contributed by atoms with van der Waals surface area (Å²) in [5.41, 5.74) is -1.37. The van der Waals surface area contributed by atoms with Crippen LogP contribution in [-0.2, 0) is 11.3 Å². The van der Waals surface area contributed by atoms with E-state index in [1.165, 1.54) is 0 Å². The lowest BCUT2D eigenvalue weighted by Crippen LogP contribution is -2.59. The summed E-state index contributed by atoms with van der Waals surface area (Å²) in [7, 11) is 0. The fourth-order valence-corrected chi connectivity index (χ4v) is 3.96. The monoisotopic (exact) mass is 405 g/mol. The average Bonchev–Trinajstić information content (AvgIpc) is 3.03. The Morgan fingerprint density at radius 1 is 1.33 bits per heavy atom. The van der Waals surface area contributed by atoms with Crippen LogP contribution in [0.4, 0.5) is 13.2 Å². The molecule has 27 heavy (non-hydrogen) atoms. The second kappa shape index (κ2) is 8.80. The summed E-state index contributed by atoms with van der Waals surface area (Å²) in [5, 5.41) is 5.91. The van der Waals surface area contributed by atoms with Gasteiger partial charge in [-0.3, -0.25) is 9.69 Å². The number of hydrogen-bond donors (Lipinski definition) is 2. The molecule has 3 rings (SSSR count). The molecular formula is C19H27ClF3N3O. The summed E-state index contributed by atoms with van der Waals surface area (Å²) in [6, 6.07) is 9.13. The van der Waals surface area contributed by atoms with Gasteiger partial charge in [-0.05, 0) is 44.8 Å². The van der Waals surface area contributed by atoms with E-state index in [1.54, 1.807) is 4.90 Å². The number of carbonyl (C=O) groups excluding carboxylic acids is 1. The third kappa shape index (κ3) is 4.76. The molecule has 2 N–H and O–H groups in total. The van der Waals surface area contributed by atoms with Crippen molar-refractivity contribution in [2.45, 2.75) is 51.0 Å². The van der Waals surface area contributed by atoms with Gasteiger partial charge in [0.25, 0.3) is 0 Å². The Bertz CT molecular complexity index is 628. The summed E-state index contributed by atoms with van der Waals surface area (Å²) >= 11 is 0. The maximum absolute atomic E-state index is 13.9. The zero-order valence-electron chi connectivity index (χ0n) is 15.4. The number of piperidine rings is 1. The van der Waals surface area contributed by atoms with Gasteiger partial charge < -0.3 is 10.6 Å². The molecule has 2 fully saturated rings. The molecule has 2 heterocycles. The number of nitrogens with zero attached hydrogens (tertiary/aromatic N) is 1. The molecule has 0 aromatic heterocycles. The molecule has 2 aliphatic heterocycles. The number of hydrogen-bond acceptors (Lipinski definition) is 3. The minimum atomic E-state index is -4.56. The highest BCUT2D eigenvalue weighted by Gasteiger charge is 2.63. The molecule has 0 bridgehead atoms. The van der Waals surface area contributed by atoms with Crippen molar-refractivity contribution in [3.05, 3.63) is 35.9 Å². The number of benzene rings is 1. The van der Waals surface area contributed by atoms with Crippen LogP contribution in [0.5, 0.6) is 0 Å². The van der Waals surface area contributed by atoms with E-state index in [9.17, 15) is 18.0 Å². The predicted octanol–water partition coefficient (Wildman–Crippen LogP) is 3.12. The van der Waals surface area contributed by atoms with Crippen molar-refractivity contribution in [1.29, 1.82) is 0 Å². The number of alkyl halides is 3. The minimum absolute atomic E-state index is 0. The second-order valence-corrected chi connectivity index (χ2v) is 7.49. The number of carbonyl (C=O) groups is 1. The normalized spacial score (nSPS) is 29.2. The third-order valence-corrected chi connectivity index (χ3v) is 5.65. The van der Waals surface area contributed by atoms with Crippen LogP contribution in [0.2, 0.25) is 0 Å². The van der Waals surface area contributed by atoms with Crippen LogP contribution in [0, 0.1) is 5.41 Å². The van der Waals surface area contributed by atoms with Gasteiger partial charge in [-0.1, -0.05) is 30.3 Å². The van der Waals surface area contributed by atoms with Gasteiger partial charge in [-0.25, -0.2) is 0 Å². The second-order valence-electron chi connectivity index (χ2n) is 7.49. The zero-order chi connectivity index (χ0) is 18.8. The van der Waals surface area contributed by atoms with Gasteiger partial charge in [0.1, 0.15) is 0 Å². The Morgan fingerprint density at radius 2 is 2.04 bits per heavy atom. The molecule has 8 heteroatoms. The Hall–Kier alpha value is -1.31. The largest absolute Gasteiger partial charge is 0.404 e. The Kier molecular flexibility index (Phi) is 7.16. The number of rotatable bonds is 4. The van der Waals surface area contributed by atoms with Gasteiger partial charge >= 0.3 is 6.18 Å². The lowest BCUT2D eigenvalue weighted by molar-refractivity contribution is -0.218. The Balaban J connectivity index is 0.00000261. The highest BCUT2D eigenvalue weighted by molar-refractivity contribution is 5.85.